The van der Waals surface area contributed by atoms with E-state index in [0.29, 0.717) is 13.0 Å². The van der Waals surface area contributed by atoms with Crippen LogP contribution in [-0.2, 0) is 22.0 Å². The van der Waals surface area contributed by atoms with E-state index in [1.807, 2.05) is 6.92 Å². The largest absolute Gasteiger partial charge is 0.750 e. The highest BCUT2D eigenvalue weighted by Crippen LogP contribution is 2.43. The summed E-state index contributed by atoms with van der Waals surface area (Å²) in [6.07, 6.45) is 3.46. The zero-order valence-electron chi connectivity index (χ0n) is 20.9. The molecule has 188 valence electrons. The van der Waals surface area contributed by atoms with E-state index >= 15 is 0 Å². The molecule has 5 aromatic carbocycles. The van der Waals surface area contributed by atoms with Crippen molar-refractivity contribution in [2.75, 3.05) is 11.4 Å². The molecule has 5 heteroatoms. The van der Waals surface area contributed by atoms with Gasteiger partial charge < -0.3 is 9.45 Å². The van der Waals surface area contributed by atoms with Crippen LogP contribution in [0.2, 0.25) is 0 Å². The third-order valence-electron chi connectivity index (χ3n) is 7.81. The quantitative estimate of drug-likeness (QED) is 0.168. The summed E-state index contributed by atoms with van der Waals surface area (Å²) in [5, 5.41) is 7.64. The molecule has 0 radical (unpaired) electrons. The number of fused-ring (bicyclic) bond motifs is 6. The predicted octanol–water partition coefficient (Wildman–Crippen LogP) is 7.62. The SMILES string of the molecule is CC(CCN(c1cccc2ccccc12)C1CCCc2c1ccc1c2ccc2ccccc21)OS(=O)[O-]. The number of aryl methyl sites for hydroxylation is 1. The van der Waals surface area contributed by atoms with E-state index in [9.17, 15) is 8.76 Å². The Bertz CT molecular complexity index is 1610. The van der Waals surface area contributed by atoms with Gasteiger partial charge in [-0.2, -0.15) is 0 Å². The maximum atomic E-state index is 11.1. The molecule has 6 rings (SSSR count). The molecular formula is C32H30NO3S-. The van der Waals surface area contributed by atoms with Crippen LogP contribution in [0.25, 0.3) is 32.3 Å². The van der Waals surface area contributed by atoms with Crippen LogP contribution < -0.4 is 4.90 Å². The minimum absolute atomic E-state index is 0.204. The molecule has 0 saturated heterocycles. The number of anilines is 1. The summed E-state index contributed by atoms with van der Waals surface area (Å²) in [7, 11) is 0. The Balaban J connectivity index is 1.47. The molecule has 5 aromatic rings. The van der Waals surface area contributed by atoms with Crippen molar-refractivity contribution in [3.63, 3.8) is 0 Å². The van der Waals surface area contributed by atoms with Gasteiger partial charge in [0.2, 0.25) is 0 Å². The Kier molecular flexibility index (Phi) is 6.68. The first-order valence-corrected chi connectivity index (χ1v) is 14.0. The molecule has 0 aliphatic heterocycles. The van der Waals surface area contributed by atoms with Crippen molar-refractivity contribution in [2.45, 2.75) is 44.8 Å². The molecule has 37 heavy (non-hydrogen) atoms. The molecule has 0 aromatic heterocycles. The van der Waals surface area contributed by atoms with Crippen LogP contribution in [0.3, 0.4) is 0 Å². The van der Waals surface area contributed by atoms with Gasteiger partial charge in [0.1, 0.15) is 0 Å². The number of nitrogens with zero attached hydrogens (tertiary/aromatic N) is 1. The number of rotatable bonds is 7. The van der Waals surface area contributed by atoms with Gasteiger partial charge in [-0.05, 0) is 76.7 Å². The highest BCUT2D eigenvalue weighted by Gasteiger charge is 2.29. The van der Waals surface area contributed by atoms with Crippen LogP contribution in [0.1, 0.15) is 43.4 Å². The van der Waals surface area contributed by atoms with Crippen molar-refractivity contribution in [3.05, 3.63) is 102 Å². The van der Waals surface area contributed by atoms with Crippen LogP contribution in [-0.4, -0.2) is 21.4 Å². The Morgan fingerprint density at radius 1 is 0.865 bits per heavy atom. The topological polar surface area (TPSA) is 52.6 Å². The molecule has 0 N–H and O–H groups in total. The zero-order valence-corrected chi connectivity index (χ0v) is 21.7. The summed E-state index contributed by atoms with van der Waals surface area (Å²) in [6.45, 7) is 2.52. The lowest BCUT2D eigenvalue weighted by Crippen LogP contribution is -2.34. The van der Waals surface area contributed by atoms with Crippen molar-refractivity contribution in [1.82, 2.24) is 0 Å². The lowest BCUT2D eigenvalue weighted by molar-refractivity contribution is 0.209. The number of hydrogen-bond donors (Lipinski definition) is 0. The minimum Gasteiger partial charge on any atom is -0.750 e. The fraction of sp³-hybridized carbons (Fsp3) is 0.250. The fourth-order valence-corrected chi connectivity index (χ4v) is 6.48. The van der Waals surface area contributed by atoms with Crippen LogP contribution in [0.15, 0.2) is 91.0 Å². The minimum atomic E-state index is -2.51. The fourth-order valence-electron chi connectivity index (χ4n) is 6.12. The second-order valence-corrected chi connectivity index (χ2v) is 10.6. The van der Waals surface area contributed by atoms with Gasteiger partial charge in [-0.3, -0.25) is 4.18 Å². The maximum absolute atomic E-state index is 11.1. The van der Waals surface area contributed by atoms with E-state index in [0.717, 1.165) is 19.3 Å². The molecule has 0 fully saturated rings. The average molecular weight is 509 g/mol. The summed E-state index contributed by atoms with van der Waals surface area (Å²) in [4.78, 5) is 2.49. The van der Waals surface area contributed by atoms with E-state index in [4.69, 9.17) is 4.18 Å². The standard InChI is InChI=1S/C32H31NO3S/c1-22(36-37(34)35)20-21-33(31-14-6-10-23-8-3-5-12-26(23)31)32-15-7-13-27-29-17-16-24-9-2-4-11-25(24)28(29)18-19-30(27)32/h2-6,8-12,14,16-19,22,32H,7,13,15,20-21H2,1H3,(H,34,35)/p-1. The summed E-state index contributed by atoms with van der Waals surface area (Å²) < 4.78 is 27.4. The van der Waals surface area contributed by atoms with Crippen molar-refractivity contribution in [1.29, 1.82) is 0 Å². The molecule has 0 bridgehead atoms. The Labute approximate surface area is 220 Å². The third-order valence-corrected chi connectivity index (χ3v) is 8.29. The van der Waals surface area contributed by atoms with Crippen molar-refractivity contribution in [3.8, 4) is 0 Å². The summed E-state index contributed by atoms with van der Waals surface area (Å²) in [5.41, 5.74) is 4.00. The van der Waals surface area contributed by atoms with Crippen molar-refractivity contribution < 1.29 is 12.9 Å². The number of benzene rings is 5. The van der Waals surface area contributed by atoms with Gasteiger partial charge in [-0.1, -0.05) is 84.9 Å². The first kappa shape index (κ1) is 24.1. The zero-order chi connectivity index (χ0) is 25.4. The Morgan fingerprint density at radius 2 is 1.57 bits per heavy atom. The normalized spacial score (nSPS) is 17.1. The predicted molar refractivity (Wildman–Crippen MR) is 153 cm³/mol. The summed E-state index contributed by atoms with van der Waals surface area (Å²) >= 11 is -2.51. The van der Waals surface area contributed by atoms with Gasteiger partial charge in [0, 0.05) is 17.6 Å². The second kappa shape index (κ2) is 10.3. The Morgan fingerprint density at radius 3 is 2.38 bits per heavy atom. The van der Waals surface area contributed by atoms with Gasteiger partial charge in [-0.15, -0.1) is 0 Å². The number of hydrogen-bond acceptors (Lipinski definition) is 4. The molecule has 3 unspecified atom stereocenters. The second-order valence-electron chi connectivity index (χ2n) is 10.0. The molecule has 3 atom stereocenters. The van der Waals surface area contributed by atoms with Crippen molar-refractivity contribution >= 4 is 49.4 Å². The van der Waals surface area contributed by atoms with E-state index in [1.54, 1.807) is 0 Å². The summed E-state index contributed by atoms with van der Waals surface area (Å²) in [6, 6.07) is 32.9. The third kappa shape index (κ3) is 4.63. The van der Waals surface area contributed by atoms with E-state index < -0.39 is 11.4 Å². The van der Waals surface area contributed by atoms with Gasteiger partial charge in [0.05, 0.1) is 23.5 Å². The molecule has 1 aliphatic carbocycles. The smallest absolute Gasteiger partial charge is 0.0844 e. The average Bonchev–Trinajstić information content (AvgIpc) is 2.92. The monoisotopic (exact) mass is 508 g/mol. The lowest BCUT2D eigenvalue weighted by Gasteiger charge is -2.39. The van der Waals surface area contributed by atoms with Crippen molar-refractivity contribution in [2.24, 2.45) is 0 Å². The molecule has 0 heterocycles. The highest BCUT2D eigenvalue weighted by atomic mass is 32.2. The van der Waals surface area contributed by atoms with E-state index in [2.05, 4.69) is 95.9 Å². The van der Waals surface area contributed by atoms with Gasteiger partial charge >= 0.3 is 0 Å². The molecule has 4 nitrogen and oxygen atoms in total. The lowest BCUT2D eigenvalue weighted by atomic mass is 9.82. The molecule has 1 aliphatic rings. The van der Waals surface area contributed by atoms with Crippen LogP contribution in [0.4, 0.5) is 5.69 Å². The Hall–Kier alpha value is -3.25. The molecule has 0 amide bonds. The highest BCUT2D eigenvalue weighted by molar-refractivity contribution is 7.74. The van der Waals surface area contributed by atoms with Gasteiger partial charge in [0.25, 0.3) is 0 Å². The first-order valence-electron chi connectivity index (χ1n) is 13.0. The van der Waals surface area contributed by atoms with Gasteiger partial charge in [0.15, 0.2) is 0 Å². The van der Waals surface area contributed by atoms with Gasteiger partial charge in [-0.25, -0.2) is 4.21 Å². The molecule has 0 saturated carbocycles. The van der Waals surface area contributed by atoms with Crippen LogP contribution in [0.5, 0.6) is 0 Å². The molecular weight excluding hydrogens is 478 g/mol. The van der Waals surface area contributed by atoms with Crippen LogP contribution >= 0.6 is 0 Å². The summed E-state index contributed by atoms with van der Waals surface area (Å²) in [5.74, 6) is 0. The van der Waals surface area contributed by atoms with E-state index in [1.165, 1.54) is 49.1 Å². The first-order chi connectivity index (χ1) is 18.1. The van der Waals surface area contributed by atoms with E-state index in [-0.39, 0.29) is 12.1 Å². The maximum Gasteiger partial charge on any atom is 0.0844 e. The van der Waals surface area contributed by atoms with Crippen LogP contribution in [0, 0.1) is 0 Å². The molecule has 0 spiro atoms.